The summed E-state index contributed by atoms with van der Waals surface area (Å²) < 4.78 is 23.7. The number of nitrogens with zero attached hydrogens (tertiary/aromatic N) is 2. The molecule has 2 aliphatic rings. The number of rotatable bonds is 3. The van der Waals surface area contributed by atoms with E-state index in [4.69, 9.17) is 15.2 Å². The van der Waals surface area contributed by atoms with Gasteiger partial charge in [0.1, 0.15) is 34.4 Å². The lowest BCUT2D eigenvalue weighted by atomic mass is 9.93. The molecule has 3 aromatic rings. The number of hydrogen-bond acceptors (Lipinski definition) is 7. The summed E-state index contributed by atoms with van der Waals surface area (Å²) in [6.45, 7) is 1.95. The van der Waals surface area contributed by atoms with E-state index in [2.05, 4.69) is 22.1 Å². The summed E-state index contributed by atoms with van der Waals surface area (Å²) in [5, 5.41) is 13.6. The molecule has 0 spiro atoms. The Morgan fingerprint density at radius 2 is 1.90 bits per heavy atom. The summed E-state index contributed by atoms with van der Waals surface area (Å²) in [6, 6.07) is 14.1. The number of carbonyl (C=O) groups excluding carboxylic acids is 2. The number of nitrogens with one attached hydrogen (secondary N) is 1. The normalized spacial score (nSPS) is 15.8. The van der Waals surface area contributed by atoms with Crippen molar-refractivity contribution in [1.82, 2.24) is 10.3 Å². The van der Waals surface area contributed by atoms with Crippen molar-refractivity contribution in [2.45, 2.75) is 24.9 Å². The van der Waals surface area contributed by atoms with Crippen LogP contribution in [0.3, 0.4) is 0 Å². The highest BCUT2D eigenvalue weighted by Crippen LogP contribution is 2.31. The lowest BCUT2D eigenvalue weighted by Crippen LogP contribution is -2.40. The lowest BCUT2D eigenvalue weighted by molar-refractivity contribution is -0.118. The van der Waals surface area contributed by atoms with Crippen LogP contribution < -0.4 is 25.4 Å². The topological polar surface area (TPSA) is 127 Å². The first-order valence-electron chi connectivity index (χ1n) is 12.4. The maximum absolute atomic E-state index is 12.7. The SMILES string of the molecule is CN1C(=O)CCOc2ccc(C#CC3(O)CCNCC3)cc21.NC(=O)c1cc(Oc2ccc(F)cc2)ccn1. The van der Waals surface area contributed by atoms with E-state index in [1.165, 1.54) is 36.5 Å². The number of benzene rings is 2. The number of nitrogens with two attached hydrogens (primary N) is 1. The Hall–Kier alpha value is -4.46. The number of carbonyl (C=O) groups is 2. The van der Waals surface area contributed by atoms with Crippen molar-refractivity contribution >= 4 is 17.5 Å². The van der Waals surface area contributed by atoms with Crippen LogP contribution in [0.4, 0.5) is 10.1 Å². The van der Waals surface area contributed by atoms with Crippen LogP contribution in [0, 0.1) is 17.7 Å². The summed E-state index contributed by atoms with van der Waals surface area (Å²) in [6.07, 6.45) is 3.05. The summed E-state index contributed by atoms with van der Waals surface area (Å²) >= 11 is 0. The zero-order chi connectivity index (χ0) is 27.8. The average Bonchev–Trinajstić information content (AvgIpc) is 3.07. The van der Waals surface area contributed by atoms with Gasteiger partial charge in [-0.2, -0.15) is 0 Å². The van der Waals surface area contributed by atoms with Crippen LogP contribution in [0.5, 0.6) is 17.2 Å². The van der Waals surface area contributed by atoms with Gasteiger partial charge in [0.05, 0.1) is 18.7 Å². The number of fused-ring (bicyclic) bond motifs is 1. The van der Waals surface area contributed by atoms with Gasteiger partial charge in [-0.3, -0.25) is 14.6 Å². The van der Waals surface area contributed by atoms with Crippen LogP contribution in [-0.2, 0) is 4.79 Å². The molecule has 2 aromatic carbocycles. The fraction of sp³-hybridized carbons (Fsp3) is 0.276. The quantitative estimate of drug-likeness (QED) is 0.443. The van der Waals surface area contributed by atoms with Crippen LogP contribution in [0.15, 0.2) is 60.8 Å². The number of halogens is 1. The van der Waals surface area contributed by atoms with E-state index in [-0.39, 0.29) is 17.4 Å². The van der Waals surface area contributed by atoms with Crippen LogP contribution >= 0.6 is 0 Å². The van der Waals surface area contributed by atoms with Gasteiger partial charge in [0, 0.05) is 24.9 Å². The number of ether oxygens (including phenoxy) is 2. The first-order valence-corrected chi connectivity index (χ1v) is 12.4. The van der Waals surface area contributed by atoms with Gasteiger partial charge in [0.2, 0.25) is 5.91 Å². The number of aromatic nitrogens is 1. The summed E-state index contributed by atoms with van der Waals surface area (Å²) in [4.78, 5) is 28.2. The van der Waals surface area contributed by atoms with Crippen LogP contribution in [-0.4, -0.2) is 54.2 Å². The number of piperidine rings is 1. The van der Waals surface area contributed by atoms with Crippen LogP contribution in [0.1, 0.15) is 35.3 Å². The van der Waals surface area contributed by atoms with E-state index in [0.29, 0.717) is 43.1 Å². The minimum absolute atomic E-state index is 0.0286. The van der Waals surface area contributed by atoms with Gasteiger partial charge in [-0.15, -0.1) is 0 Å². The van der Waals surface area contributed by atoms with Crippen molar-refractivity contribution in [2.75, 3.05) is 31.6 Å². The van der Waals surface area contributed by atoms with Gasteiger partial charge in [-0.05, 0) is 74.5 Å². The highest BCUT2D eigenvalue weighted by molar-refractivity contribution is 5.95. The molecular formula is C29H29FN4O5. The average molecular weight is 533 g/mol. The van der Waals surface area contributed by atoms with Crippen LogP contribution in [0.25, 0.3) is 0 Å². The molecule has 1 saturated heterocycles. The van der Waals surface area contributed by atoms with Crippen molar-refractivity contribution in [3.05, 3.63) is 77.9 Å². The smallest absolute Gasteiger partial charge is 0.267 e. The van der Waals surface area contributed by atoms with Gasteiger partial charge in [-0.25, -0.2) is 4.39 Å². The molecule has 0 saturated carbocycles. The fourth-order valence-electron chi connectivity index (χ4n) is 3.93. The maximum atomic E-state index is 12.7. The predicted molar refractivity (Wildman–Crippen MR) is 143 cm³/mol. The zero-order valence-corrected chi connectivity index (χ0v) is 21.4. The van der Waals surface area contributed by atoms with Crippen LogP contribution in [0.2, 0.25) is 0 Å². The third-order valence-corrected chi connectivity index (χ3v) is 6.17. The molecule has 9 nitrogen and oxygen atoms in total. The van der Waals surface area contributed by atoms with Gasteiger partial charge < -0.3 is 30.5 Å². The molecule has 1 fully saturated rings. The molecule has 1 aromatic heterocycles. The Balaban J connectivity index is 0.000000187. The van der Waals surface area contributed by atoms with Crippen molar-refractivity contribution < 1.29 is 28.6 Å². The molecule has 3 heterocycles. The number of primary amides is 1. The highest BCUT2D eigenvalue weighted by Gasteiger charge is 2.26. The first kappa shape index (κ1) is 27.6. The van der Waals surface area contributed by atoms with Crippen molar-refractivity contribution in [3.63, 3.8) is 0 Å². The molecule has 10 heteroatoms. The molecule has 5 rings (SSSR count). The highest BCUT2D eigenvalue weighted by atomic mass is 19.1. The number of hydrogen-bond donors (Lipinski definition) is 3. The minimum atomic E-state index is -0.920. The van der Waals surface area contributed by atoms with E-state index in [0.717, 1.165) is 24.3 Å². The Labute approximate surface area is 225 Å². The molecular weight excluding hydrogens is 503 g/mol. The second-order valence-corrected chi connectivity index (χ2v) is 9.06. The Morgan fingerprint density at radius 1 is 1.15 bits per heavy atom. The monoisotopic (exact) mass is 532 g/mol. The van der Waals surface area contributed by atoms with E-state index >= 15 is 0 Å². The number of amides is 2. The number of pyridine rings is 1. The second kappa shape index (κ2) is 12.4. The summed E-state index contributed by atoms with van der Waals surface area (Å²) in [5.41, 5.74) is 5.79. The third-order valence-electron chi connectivity index (χ3n) is 6.17. The Kier molecular flexibility index (Phi) is 8.76. The maximum Gasteiger partial charge on any atom is 0.267 e. The summed E-state index contributed by atoms with van der Waals surface area (Å²) in [7, 11) is 1.74. The summed E-state index contributed by atoms with van der Waals surface area (Å²) in [5.74, 6) is 6.66. The molecule has 2 amide bonds. The molecule has 39 heavy (non-hydrogen) atoms. The molecule has 0 aliphatic carbocycles. The molecule has 0 radical (unpaired) electrons. The third kappa shape index (κ3) is 7.54. The first-order chi connectivity index (χ1) is 18.7. The van der Waals surface area contributed by atoms with Gasteiger partial charge in [-0.1, -0.05) is 11.8 Å². The Bertz CT molecular complexity index is 1390. The van der Waals surface area contributed by atoms with E-state index < -0.39 is 11.5 Å². The van der Waals surface area contributed by atoms with E-state index in [1.54, 1.807) is 18.0 Å². The Morgan fingerprint density at radius 3 is 2.62 bits per heavy atom. The molecule has 0 unspecified atom stereocenters. The lowest BCUT2D eigenvalue weighted by Gasteiger charge is -2.27. The molecule has 0 atom stereocenters. The largest absolute Gasteiger partial charge is 0.491 e. The van der Waals surface area contributed by atoms with Gasteiger partial charge in [0.15, 0.2) is 0 Å². The van der Waals surface area contributed by atoms with Crippen molar-refractivity contribution in [2.24, 2.45) is 5.73 Å². The van der Waals surface area contributed by atoms with Gasteiger partial charge >= 0.3 is 0 Å². The van der Waals surface area contributed by atoms with E-state index in [9.17, 15) is 19.1 Å². The molecule has 0 bridgehead atoms. The fourth-order valence-corrected chi connectivity index (χ4v) is 3.93. The zero-order valence-electron chi connectivity index (χ0n) is 21.4. The minimum Gasteiger partial charge on any atom is -0.491 e. The number of aliphatic hydroxyl groups is 1. The molecule has 2 aliphatic heterocycles. The molecule has 202 valence electrons. The second-order valence-electron chi connectivity index (χ2n) is 9.06. The molecule has 4 N–H and O–H groups in total. The van der Waals surface area contributed by atoms with Crippen molar-refractivity contribution in [1.29, 1.82) is 0 Å². The standard InChI is InChI=1S/C17H20N2O3.C12H9FN2O2/c1-19-14-12-13(2-3-15(14)22-11-5-16(19)20)4-6-17(21)7-9-18-10-8-17;13-8-1-3-9(4-2-8)17-10-5-6-15-11(7-10)12(14)16/h2-3,12,18,21H,5,7-11H2,1H3;1-7H,(H2,14,16). The van der Waals surface area contributed by atoms with E-state index in [1.807, 2.05) is 18.2 Å². The predicted octanol–water partition coefficient (Wildman–Crippen LogP) is 3.01. The van der Waals surface area contributed by atoms with Gasteiger partial charge in [0.25, 0.3) is 5.91 Å². The van der Waals surface area contributed by atoms with Crippen molar-refractivity contribution in [3.8, 4) is 29.1 Å². The number of anilines is 1.